The molecule has 0 aliphatic carbocycles. The smallest absolute Gasteiger partial charge is 0.351 e. The number of halogens is 11. The number of amides is 1. The molecule has 14 heteroatoms. The predicted octanol–water partition coefficient (Wildman–Crippen LogP) is 8.75. The van der Waals surface area contributed by atoms with Crippen LogP contribution in [0.25, 0.3) is 5.83 Å². The lowest BCUT2D eigenvalue weighted by Crippen LogP contribution is -2.28. The third-order valence-electron chi connectivity index (χ3n) is 4.63. The van der Waals surface area contributed by atoms with Crippen LogP contribution in [0, 0.1) is 0 Å². The van der Waals surface area contributed by atoms with Crippen molar-refractivity contribution < 1.29 is 39.9 Å². The Morgan fingerprint density at radius 1 is 1.00 bits per heavy atom. The van der Waals surface area contributed by atoms with E-state index in [0.717, 1.165) is 30.0 Å². The minimum atomic E-state index is -5.12. The van der Waals surface area contributed by atoms with Crippen LogP contribution < -0.4 is 5.32 Å². The van der Waals surface area contributed by atoms with Gasteiger partial charge < -0.3 is 5.32 Å². The highest BCUT2D eigenvalue weighted by atomic mass is 35.5. The first-order valence-electron chi connectivity index (χ1n) is 9.88. The SMILES string of the molecule is O=C(NCCSCCF)c1ccc(/C(F)=C/C(c2cc(Cl)c(Cl)c(Cl)c2)C(F)(F)F)cc1C(F)(F)F. The molecule has 0 radical (unpaired) electrons. The minimum absolute atomic E-state index is 0.0592. The van der Waals surface area contributed by atoms with Gasteiger partial charge in [-0.05, 0) is 35.9 Å². The van der Waals surface area contributed by atoms with Crippen molar-refractivity contribution in [1.82, 2.24) is 5.32 Å². The first kappa shape index (κ1) is 30.5. The number of benzene rings is 2. The summed E-state index contributed by atoms with van der Waals surface area (Å²) in [7, 11) is 0. The topological polar surface area (TPSA) is 29.1 Å². The highest BCUT2D eigenvalue weighted by Crippen LogP contribution is 2.42. The Balaban J connectivity index is 2.44. The first-order valence-corrected chi connectivity index (χ1v) is 12.2. The average Bonchev–Trinajstić information content (AvgIpc) is 2.78. The van der Waals surface area contributed by atoms with Crippen LogP contribution in [0.4, 0.5) is 35.1 Å². The fourth-order valence-electron chi connectivity index (χ4n) is 2.99. The number of thioether (sulfide) groups is 1. The number of nitrogens with one attached hydrogen (secondary N) is 1. The van der Waals surface area contributed by atoms with Crippen LogP contribution in [0.1, 0.15) is 33.0 Å². The first-order chi connectivity index (χ1) is 16.7. The summed E-state index contributed by atoms with van der Waals surface area (Å²) in [6.45, 7) is -0.666. The van der Waals surface area contributed by atoms with E-state index in [9.17, 15) is 39.9 Å². The number of carbonyl (C=O) groups excluding carboxylic acids is 1. The van der Waals surface area contributed by atoms with E-state index in [1.807, 2.05) is 0 Å². The normalized spacial score (nSPS) is 13.6. The number of rotatable bonds is 9. The molecule has 2 rings (SSSR count). The van der Waals surface area contributed by atoms with Crippen LogP contribution >= 0.6 is 46.6 Å². The molecular formula is C22H16Cl3F8NOS. The van der Waals surface area contributed by atoms with Gasteiger partial charge in [-0.15, -0.1) is 0 Å². The number of alkyl halides is 7. The third-order valence-corrected chi connectivity index (χ3v) is 6.76. The largest absolute Gasteiger partial charge is 0.417 e. The van der Waals surface area contributed by atoms with Gasteiger partial charge in [0.1, 0.15) is 11.7 Å². The van der Waals surface area contributed by atoms with Crippen molar-refractivity contribution in [2.45, 2.75) is 18.3 Å². The molecular weight excluding hydrogens is 585 g/mol. The molecule has 0 saturated carbocycles. The lowest BCUT2D eigenvalue weighted by Gasteiger charge is -2.19. The van der Waals surface area contributed by atoms with E-state index < -0.39 is 58.9 Å². The number of allylic oxidation sites excluding steroid dienone is 1. The van der Waals surface area contributed by atoms with Crippen molar-refractivity contribution in [3.8, 4) is 0 Å². The molecule has 198 valence electrons. The Hall–Kier alpha value is -1.69. The van der Waals surface area contributed by atoms with Gasteiger partial charge in [0.05, 0.1) is 32.9 Å². The molecule has 36 heavy (non-hydrogen) atoms. The quantitative estimate of drug-likeness (QED) is 0.177. The minimum Gasteiger partial charge on any atom is -0.351 e. The van der Waals surface area contributed by atoms with Crippen LogP contribution in [0.15, 0.2) is 36.4 Å². The van der Waals surface area contributed by atoms with Gasteiger partial charge >= 0.3 is 12.4 Å². The average molecular weight is 601 g/mol. The van der Waals surface area contributed by atoms with E-state index in [1.54, 1.807) is 0 Å². The maximum atomic E-state index is 14.9. The Kier molecular flexibility index (Phi) is 10.8. The summed E-state index contributed by atoms with van der Waals surface area (Å²) in [5.74, 6) is -4.98. The summed E-state index contributed by atoms with van der Waals surface area (Å²) in [4.78, 5) is 12.2. The van der Waals surface area contributed by atoms with Gasteiger partial charge in [-0.1, -0.05) is 40.9 Å². The lowest BCUT2D eigenvalue weighted by atomic mass is 9.95. The molecule has 1 unspecified atom stereocenters. The monoisotopic (exact) mass is 599 g/mol. The zero-order chi connectivity index (χ0) is 27.3. The van der Waals surface area contributed by atoms with Crippen LogP contribution in [-0.2, 0) is 6.18 Å². The summed E-state index contributed by atoms with van der Waals surface area (Å²) in [5.41, 5.74) is -3.82. The maximum absolute atomic E-state index is 14.9. The van der Waals surface area contributed by atoms with Crippen molar-refractivity contribution in [3.63, 3.8) is 0 Å². The Morgan fingerprint density at radius 2 is 1.61 bits per heavy atom. The van der Waals surface area contributed by atoms with Crippen molar-refractivity contribution >= 4 is 58.3 Å². The van der Waals surface area contributed by atoms with E-state index in [0.29, 0.717) is 6.07 Å². The van der Waals surface area contributed by atoms with Gasteiger partial charge in [0.15, 0.2) is 0 Å². The van der Waals surface area contributed by atoms with E-state index in [1.165, 1.54) is 0 Å². The Morgan fingerprint density at radius 3 is 2.14 bits per heavy atom. The van der Waals surface area contributed by atoms with E-state index in [4.69, 9.17) is 34.8 Å². The second kappa shape index (κ2) is 12.7. The van der Waals surface area contributed by atoms with Crippen molar-refractivity contribution in [3.05, 3.63) is 73.7 Å². The molecule has 0 heterocycles. The Labute approximate surface area is 220 Å². The summed E-state index contributed by atoms with van der Waals surface area (Å²) < 4.78 is 109. The zero-order valence-electron chi connectivity index (χ0n) is 17.8. The second-order valence-electron chi connectivity index (χ2n) is 7.15. The fraction of sp³-hybridized carbons (Fsp3) is 0.318. The van der Waals surface area contributed by atoms with Crippen LogP contribution in [0.2, 0.25) is 15.1 Å². The van der Waals surface area contributed by atoms with Crippen LogP contribution in [0.5, 0.6) is 0 Å². The van der Waals surface area contributed by atoms with Crippen molar-refractivity contribution in [1.29, 1.82) is 0 Å². The fourth-order valence-corrected chi connectivity index (χ4v) is 4.16. The maximum Gasteiger partial charge on any atom is 0.417 e. The van der Waals surface area contributed by atoms with Gasteiger partial charge in [0, 0.05) is 23.6 Å². The van der Waals surface area contributed by atoms with Gasteiger partial charge in [-0.3, -0.25) is 9.18 Å². The molecule has 1 N–H and O–H groups in total. The molecule has 1 amide bonds. The van der Waals surface area contributed by atoms with E-state index in [2.05, 4.69) is 5.32 Å². The summed E-state index contributed by atoms with van der Waals surface area (Å²) >= 11 is 18.4. The molecule has 0 fully saturated rings. The van der Waals surface area contributed by atoms with Crippen molar-refractivity contribution in [2.24, 2.45) is 0 Å². The van der Waals surface area contributed by atoms with Crippen molar-refractivity contribution in [2.75, 3.05) is 24.7 Å². The van der Waals surface area contributed by atoms with E-state index in [-0.39, 0.29) is 45.3 Å². The van der Waals surface area contributed by atoms with Gasteiger partial charge in [0.2, 0.25) is 0 Å². The molecule has 2 nitrogen and oxygen atoms in total. The molecule has 1 atom stereocenters. The number of hydrogen-bond donors (Lipinski definition) is 1. The highest BCUT2D eigenvalue weighted by molar-refractivity contribution is 7.99. The van der Waals surface area contributed by atoms with Crippen LogP contribution in [0.3, 0.4) is 0 Å². The molecule has 0 aliphatic heterocycles. The summed E-state index contributed by atoms with van der Waals surface area (Å²) in [5, 5.41) is 1.34. The molecule has 0 aliphatic rings. The molecule has 2 aromatic carbocycles. The number of hydrogen-bond acceptors (Lipinski definition) is 2. The van der Waals surface area contributed by atoms with Crippen LogP contribution in [-0.4, -0.2) is 36.8 Å². The lowest BCUT2D eigenvalue weighted by molar-refractivity contribution is -0.140. The van der Waals surface area contributed by atoms with Gasteiger partial charge in [0.25, 0.3) is 5.91 Å². The third kappa shape index (κ3) is 8.16. The molecule has 0 aromatic heterocycles. The molecule has 0 bridgehead atoms. The van der Waals surface area contributed by atoms with Gasteiger partial charge in [-0.25, -0.2) is 4.39 Å². The van der Waals surface area contributed by atoms with Gasteiger partial charge in [-0.2, -0.15) is 38.1 Å². The highest BCUT2D eigenvalue weighted by Gasteiger charge is 2.41. The Bertz CT molecular complexity index is 1100. The standard InChI is InChI=1S/C22H16Cl3F8NOS/c23-16-8-12(9-17(24)19(16)25)14(21(28,29)30)10-18(27)11-1-2-13(15(7-11)22(31,32)33)20(35)34-4-6-36-5-3-26/h1-2,7-10,14H,3-6H2,(H,34,35)/b18-10-. The summed E-state index contributed by atoms with van der Waals surface area (Å²) in [6, 6.07) is 3.29. The second-order valence-corrected chi connectivity index (χ2v) is 9.56. The molecule has 0 spiro atoms. The van der Waals surface area contributed by atoms with E-state index >= 15 is 0 Å². The predicted molar refractivity (Wildman–Crippen MR) is 126 cm³/mol. The molecule has 0 saturated heterocycles. The summed E-state index contributed by atoms with van der Waals surface area (Å²) in [6.07, 6.45) is -10.1. The zero-order valence-corrected chi connectivity index (χ0v) is 20.9. The molecule has 2 aromatic rings. The number of carbonyl (C=O) groups is 1.